The number of nitrogens with zero attached hydrogens (tertiary/aromatic N) is 2. The molecule has 94 valence electrons. The summed E-state index contributed by atoms with van der Waals surface area (Å²) >= 11 is 2.01. The van der Waals surface area contributed by atoms with Gasteiger partial charge in [0.15, 0.2) is 0 Å². The number of hydrogen-bond donors (Lipinski definition) is 1. The Hall–Kier alpha value is -1.49. The van der Waals surface area contributed by atoms with E-state index in [9.17, 15) is 4.79 Å². The van der Waals surface area contributed by atoms with E-state index in [0.717, 1.165) is 17.8 Å². The van der Waals surface area contributed by atoms with E-state index in [4.69, 9.17) is 5.11 Å². The fourth-order valence-electron chi connectivity index (χ4n) is 2.35. The van der Waals surface area contributed by atoms with Gasteiger partial charge in [-0.05, 0) is 30.7 Å². The van der Waals surface area contributed by atoms with Crippen LogP contribution in [0.15, 0.2) is 24.5 Å². The summed E-state index contributed by atoms with van der Waals surface area (Å²) in [7, 11) is 0. The Balaban J connectivity index is 1.91. The van der Waals surface area contributed by atoms with Gasteiger partial charge in [-0.3, -0.25) is 0 Å². The SMILES string of the molecule is O=C(O)c1ccn2c(CC3CCCS3)ncc2c1. The van der Waals surface area contributed by atoms with Gasteiger partial charge in [0.1, 0.15) is 5.82 Å². The second-order valence-corrected chi connectivity index (χ2v) is 5.94. The number of thioether (sulfide) groups is 1. The van der Waals surface area contributed by atoms with Crippen molar-refractivity contribution in [3.8, 4) is 0 Å². The van der Waals surface area contributed by atoms with Crippen LogP contribution in [0.3, 0.4) is 0 Å². The second-order valence-electron chi connectivity index (χ2n) is 4.53. The molecule has 1 saturated heterocycles. The van der Waals surface area contributed by atoms with Crippen molar-refractivity contribution >= 4 is 23.2 Å². The molecule has 3 rings (SSSR count). The molecule has 0 aliphatic carbocycles. The Morgan fingerprint density at radius 2 is 2.50 bits per heavy atom. The third-order valence-corrected chi connectivity index (χ3v) is 4.69. The van der Waals surface area contributed by atoms with Gasteiger partial charge in [0.2, 0.25) is 0 Å². The summed E-state index contributed by atoms with van der Waals surface area (Å²) in [6, 6.07) is 3.29. The molecule has 1 fully saturated rings. The van der Waals surface area contributed by atoms with Crippen LogP contribution in [0.2, 0.25) is 0 Å². The molecule has 0 aromatic carbocycles. The fourth-order valence-corrected chi connectivity index (χ4v) is 3.62. The summed E-state index contributed by atoms with van der Waals surface area (Å²) in [5, 5.41) is 9.61. The second kappa shape index (κ2) is 4.65. The topological polar surface area (TPSA) is 54.6 Å². The maximum Gasteiger partial charge on any atom is 0.335 e. The summed E-state index contributed by atoms with van der Waals surface area (Å²) in [5.74, 6) is 1.38. The minimum absolute atomic E-state index is 0.309. The Labute approximate surface area is 109 Å². The van der Waals surface area contributed by atoms with E-state index in [1.165, 1.54) is 18.6 Å². The number of rotatable bonds is 3. The van der Waals surface area contributed by atoms with Crippen LogP contribution in [0.1, 0.15) is 29.0 Å². The fraction of sp³-hybridized carbons (Fsp3) is 0.385. The van der Waals surface area contributed by atoms with Crippen LogP contribution in [0.5, 0.6) is 0 Å². The number of carboxylic acid groups (broad SMARTS) is 1. The van der Waals surface area contributed by atoms with Crippen LogP contribution in [-0.4, -0.2) is 31.5 Å². The van der Waals surface area contributed by atoms with Crippen molar-refractivity contribution in [2.45, 2.75) is 24.5 Å². The lowest BCUT2D eigenvalue weighted by Crippen LogP contribution is -2.06. The molecule has 2 aromatic heterocycles. The molecular formula is C13H14N2O2S. The minimum atomic E-state index is -0.897. The zero-order valence-corrected chi connectivity index (χ0v) is 10.7. The van der Waals surface area contributed by atoms with Gasteiger partial charge < -0.3 is 9.51 Å². The third-order valence-electron chi connectivity index (χ3n) is 3.29. The van der Waals surface area contributed by atoms with E-state index in [1.54, 1.807) is 24.5 Å². The Morgan fingerprint density at radius 3 is 3.22 bits per heavy atom. The highest BCUT2D eigenvalue weighted by atomic mass is 32.2. The first kappa shape index (κ1) is 11.6. The Kier molecular flexibility index (Phi) is 2.99. The normalized spacial score (nSPS) is 19.4. The van der Waals surface area contributed by atoms with Crippen LogP contribution in [0.25, 0.3) is 5.52 Å². The van der Waals surface area contributed by atoms with Crippen molar-refractivity contribution in [2.75, 3.05) is 5.75 Å². The standard InChI is InChI=1S/C13H14N2O2S/c16-13(17)9-3-4-15-10(6-9)8-14-12(15)7-11-2-1-5-18-11/h3-4,6,8,11H,1-2,5,7H2,(H,16,17). The smallest absolute Gasteiger partial charge is 0.335 e. The summed E-state index contributed by atoms with van der Waals surface area (Å²) in [6.45, 7) is 0. The van der Waals surface area contributed by atoms with Crippen molar-refractivity contribution in [1.29, 1.82) is 0 Å². The van der Waals surface area contributed by atoms with Gasteiger partial charge in [-0.2, -0.15) is 11.8 Å². The van der Waals surface area contributed by atoms with E-state index in [-0.39, 0.29) is 0 Å². The number of pyridine rings is 1. The number of aromatic nitrogens is 2. The predicted octanol–water partition coefficient (Wildman–Crippen LogP) is 2.47. The lowest BCUT2D eigenvalue weighted by atomic mass is 10.2. The number of hydrogen-bond acceptors (Lipinski definition) is 3. The molecule has 0 spiro atoms. The van der Waals surface area contributed by atoms with E-state index in [2.05, 4.69) is 4.98 Å². The molecule has 1 unspecified atom stereocenters. The van der Waals surface area contributed by atoms with E-state index in [0.29, 0.717) is 10.8 Å². The van der Waals surface area contributed by atoms with Gasteiger partial charge in [0.05, 0.1) is 17.3 Å². The van der Waals surface area contributed by atoms with Crippen LogP contribution < -0.4 is 0 Å². The minimum Gasteiger partial charge on any atom is -0.478 e. The monoisotopic (exact) mass is 262 g/mol. The molecule has 18 heavy (non-hydrogen) atoms. The molecule has 1 atom stereocenters. The molecule has 1 N–H and O–H groups in total. The van der Waals surface area contributed by atoms with Gasteiger partial charge in [0.25, 0.3) is 0 Å². The van der Waals surface area contributed by atoms with Crippen molar-refractivity contribution in [3.63, 3.8) is 0 Å². The number of carbonyl (C=O) groups is 1. The number of carboxylic acids is 1. The van der Waals surface area contributed by atoms with Crippen LogP contribution in [-0.2, 0) is 6.42 Å². The van der Waals surface area contributed by atoms with Crippen molar-refractivity contribution in [1.82, 2.24) is 9.38 Å². The molecule has 3 heterocycles. The summed E-state index contributed by atoms with van der Waals surface area (Å²) in [5.41, 5.74) is 1.16. The molecular weight excluding hydrogens is 248 g/mol. The Bertz CT molecular complexity index is 588. The summed E-state index contributed by atoms with van der Waals surface area (Å²) < 4.78 is 1.99. The Morgan fingerprint density at radius 1 is 1.61 bits per heavy atom. The molecule has 0 radical (unpaired) electrons. The highest BCUT2D eigenvalue weighted by Gasteiger charge is 2.18. The lowest BCUT2D eigenvalue weighted by Gasteiger charge is -2.07. The van der Waals surface area contributed by atoms with Gasteiger partial charge in [-0.1, -0.05) is 0 Å². The van der Waals surface area contributed by atoms with E-state index < -0.39 is 5.97 Å². The predicted molar refractivity (Wildman–Crippen MR) is 71.3 cm³/mol. The molecule has 1 aliphatic rings. The van der Waals surface area contributed by atoms with Gasteiger partial charge in [0, 0.05) is 17.9 Å². The largest absolute Gasteiger partial charge is 0.478 e. The summed E-state index contributed by atoms with van der Waals surface area (Å²) in [4.78, 5) is 15.3. The number of aromatic carboxylic acids is 1. The molecule has 1 aliphatic heterocycles. The highest BCUT2D eigenvalue weighted by Crippen LogP contribution is 2.28. The van der Waals surface area contributed by atoms with E-state index >= 15 is 0 Å². The molecule has 0 amide bonds. The summed E-state index contributed by atoms with van der Waals surface area (Å²) in [6.07, 6.45) is 7.07. The van der Waals surface area contributed by atoms with Crippen LogP contribution >= 0.6 is 11.8 Å². The van der Waals surface area contributed by atoms with Crippen LogP contribution in [0, 0.1) is 0 Å². The third kappa shape index (κ3) is 2.10. The maximum absolute atomic E-state index is 10.9. The van der Waals surface area contributed by atoms with Crippen molar-refractivity contribution in [3.05, 3.63) is 35.9 Å². The number of imidazole rings is 1. The lowest BCUT2D eigenvalue weighted by molar-refractivity contribution is 0.0697. The number of fused-ring (bicyclic) bond motifs is 1. The molecule has 0 bridgehead atoms. The van der Waals surface area contributed by atoms with Gasteiger partial charge in [-0.25, -0.2) is 9.78 Å². The van der Waals surface area contributed by atoms with Gasteiger partial charge in [-0.15, -0.1) is 0 Å². The van der Waals surface area contributed by atoms with E-state index in [1.807, 2.05) is 16.2 Å². The van der Waals surface area contributed by atoms with Gasteiger partial charge >= 0.3 is 5.97 Å². The molecule has 4 nitrogen and oxygen atoms in total. The first-order valence-electron chi connectivity index (χ1n) is 6.05. The molecule has 0 saturated carbocycles. The van der Waals surface area contributed by atoms with Crippen molar-refractivity contribution in [2.24, 2.45) is 0 Å². The highest BCUT2D eigenvalue weighted by molar-refractivity contribution is 8.00. The first-order chi connectivity index (χ1) is 8.74. The quantitative estimate of drug-likeness (QED) is 0.923. The average Bonchev–Trinajstić information content (AvgIpc) is 2.99. The van der Waals surface area contributed by atoms with Crippen molar-refractivity contribution < 1.29 is 9.90 Å². The zero-order chi connectivity index (χ0) is 12.5. The molecule has 5 heteroatoms. The molecule has 2 aromatic rings. The van der Waals surface area contributed by atoms with Crippen LogP contribution in [0.4, 0.5) is 0 Å². The zero-order valence-electron chi connectivity index (χ0n) is 9.87. The average molecular weight is 262 g/mol. The first-order valence-corrected chi connectivity index (χ1v) is 7.10. The maximum atomic E-state index is 10.9.